The van der Waals surface area contributed by atoms with Crippen LogP contribution in [0.5, 0.6) is 0 Å². The molecule has 13 heavy (non-hydrogen) atoms. The predicted octanol–water partition coefficient (Wildman–Crippen LogP) is 1.33. The van der Waals surface area contributed by atoms with Gasteiger partial charge < -0.3 is 0 Å². The van der Waals surface area contributed by atoms with Crippen LogP contribution in [0.3, 0.4) is 0 Å². The standard InChI is InChI=1S/C10H12N2O/c1-12-6-7-2-3-10(4-5-10)9(13)8(7)11-12/h6H,2-5H2,1H3. The Hall–Kier alpha value is -1.12. The summed E-state index contributed by atoms with van der Waals surface area (Å²) in [6, 6.07) is 0. The van der Waals surface area contributed by atoms with E-state index in [2.05, 4.69) is 5.10 Å². The Morgan fingerprint density at radius 1 is 1.46 bits per heavy atom. The van der Waals surface area contributed by atoms with Gasteiger partial charge in [0, 0.05) is 24.2 Å². The van der Waals surface area contributed by atoms with E-state index < -0.39 is 0 Å². The molecular weight excluding hydrogens is 164 g/mol. The van der Waals surface area contributed by atoms with Crippen molar-refractivity contribution in [3.05, 3.63) is 17.5 Å². The maximum absolute atomic E-state index is 11.9. The molecule has 0 aromatic carbocycles. The molecule has 3 heteroatoms. The molecule has 0 unspecified atom stereocenters. The third-order valence-corrected chi connectivity index (χ3v) is 3.33. The fraction of sp³-hybridized carbons (Fsp3) is 0.600. The van der Waals surface area contributed by atoms with E-state index in [1.165, 1.54) is 0 Å². The SMILES string of the molecule is Cn1cc2c(n1)C(=O)C1(CC2)CC1. The van der Waals surface area contributed by atoms with Gasteiger partial charge in [0.15, 0.2) is 5.78 Å². The molecule has 0 aliphatic heterocycles. The van der Waals surface area contributed by atoms with Gasteiger partial charge in [-0.1, -0.05) is 0 Å². The maximum atomic E-state index is 11.9. The van der Waals surface area contributed by atoms with Gasteiger partial charge in [0.2, 0.25) is 0 Å². The molecule has 2 aliphatic carbocycles. The number of carbonyl (C=O) groups is 1. The van der Waals surface area contributed by atoms with E-state index in [-0.39, 0.29) is 5.41 Å². The average molecular weight is 176 g/mol. The van der Waals surface area contributed by atoms with Gasteiger partial charge in [-0.25, -0.2) is 0 Å². The van der Waals surface area contributed by atoms with Crippen LogP contribution in [0.15, 0.2) is 6.20 Å². The van der Waals surface area contributed by atoms with Gasteiger partial charge >= 0.3 is 0 Å². The summed E-state index contributed by atoms with van der Waals surface area (Å²) in [5.74, 6) is 0.300. The Labute approximate surface area is 76.7 Å². The molecule has 0 amide bonds. The lowest BCUT2D eigenvalue weighted by Crippen LogP contribution is -2.23. The number of carbonyl (C=O) groups excluding carboxylic acids is 1. The van der Waals surface area contributed by atoms with Crippen LogP contribution in [0.2, 0.25) is 0 Å². The first-order chi connectivity index (χ1) is 6.21. The molecule has 0 bridgehead atoms. The van der Waals surface area contributed by atoms with Crippen LogP contribution < -0.4 is 0 Å². The first-order valence-corrected chi connectivity index (χ1v) is 4.79. The zero-order chi connectivity index (χ0) is 9.05. The lowest BCUT2D eigenvalue weighted by Gasteiger charge is -2.17. The molecule has 3 nitrogen and oxygen atoms in total. The zero-order valence-electron chi connectivity index (χ0n) is 7.71. The molecule has 1 aromatic heterocycles. The summed E-state index contributed by atoms with van der Waals surface area (Å²) in [7, 11) is 1.88. The van der Waals surface area contributed by atoms with E-state index in [4.69, 9.17) is 0 Å². The van der Waals surface area contributed by atoms with Crippen molar-refractivity contribution in [3.63, 3.8) is 0 Å². The van der Waals surface area contributed by atoms with Crippen LogP contribution in [0, 0.1) is 5.41 Å². The highest BCUT2D eigenvalue weighted by Gasteiger charge is 2.52. The van der Waals surface area contributed by atoms with Crippen molar-refractivity contribution in [2.24, 2.45) is 12.5 Å². The van der Waals surface area contributed by atoms with E-state index in [0.717, 1.165) is 36.9 Å². The molecule has 0 N–H and O–H groups in total. The zero-order valence-corrected chi connectivity index (χ0v) is 7.71. The van der Waals surface area contributed by atoms with Crippen molar-refractivity contribution in [2.45, 2.75) is 25.7 Å². The van der Waals surface area contributed by atoms with Crippen molar-refractivity contribution < 1.29 is 4.79 Å². The van der Waals surface area contributed by atoms with Crippen molar-refractivity contribution >= 4 is 5.78 Å². The minimum absolute atomic E-state index is 0.0291. The predicted molar refractivity (Wildman–Crippen MR) is 47.5 cm³/mol. The Balaban J connectivity index is 2.12. The monoisotopic (exact) mass is 176 g/mol. The molecule has 0 radical (unpaired) electrons. The third-order valence-electron chi connectivity index (χ3n) is 3.33. The molecule has 0 atom stereocenters. The minimum atomic E-state index is 0.0291. The molecule has 1 saturated carbocycles. The first-order valence-electron chi connectivity index (χ1n) is 4.79. The van der Waals surface area contributed by atoms with Crippen LogP contribution in [0.4, 0.5) is 0 Å². The highest BCUT2D eigenvalue weighted by atomic mass is 16.1. The Bertz CT molecular complexity index is 388. The molecule has 1 fully saturated rings. The minimum Gasteiger partial charge on any atom is -0.292 e. The summed E-state index contributed by atoms with van der Waals surface area (Å²) in [5.41, 5.74) is 1.91. The van der Waals surface area contributed by atoms with E-state index in [1.54, 1.807) is 4.68 Å². The highest BCUT2D eigenvalue weighted by Crippen LogP contribution is 2.54. The average Bonchev–Trinajstić information content (AvgIpc) is 2.78. The van der Waals surface area contributed by atoms with E-state index in [1.807, 2.05) is 13.2 Å². The summed E-state index contributed by atoms with van der Waals surface area (Å²) >= 11 is 0. The van der Waals surface area contributed by atoms with Gasteiger partial charge in [0.1, 0.15) is 5.69 Å². The largest absolute Gasteiger partial charge is 0.292 e. The number of aromatic nitrogens is 2. The van der Waals surface area contributed by atoms with Crippen LogP contribution in [-0.2, 0) is 13.5 Å². The normalized spacial score (nSPS) is 23.3. The molecule has 0 saturated heterocycles. The van der Waals surface area contributed by atoms with E-state index in [0.29, 0.717) is 5.78 Å². The summed E-state index contributed by atoms with van der Waals surface area (Å²) < 4.78 is 1.75. The third kappa shape index (κ3) is 0.844. The number of aryl methyl sites for hydroxylation is 2. The molecule has 1 spiro atoms. The van der Waals surface area contributed by atoms with E-state index in [9.17, 15) is 4.79 Å². The van der Waals surface area contributed by atoms with Crippen LogP contribution >= 0.6 is 0 Å². The van der Waals surface area contributed by atoms with Crippen molar-refractivity contribution in [1.29, 1.82) is 0 Å². The topological polar surface area (TPSA) is 34.9 Å². The van der Waals surface area contributed by atoms with Gasteiger partial charge in [0.25, 0.3) is 0 Å². The number of hydrogen-bond donors (Lipinski definition) is 0. The Morgan fingerprint density at radius 2 is 2.23 bits per heavy atom. The maximum Gasteiger partial charge on any atom is 0.189 e. The molecule has 2 aliphatic rings. The first kappa shape index (κ1) is 7.30. The van der Waals surface area contributed by atoms with Crippen molar-refractivity contribution in [1.82, 2.24) is 9.78 Å². The van der Waals surface area contributed by atoms with Crippen molar-refractivity contribution in [3.8, 4) is 0 Å². The fourth-order valence-electron chi connectivity index (χ4n) is 2.28. The second kappa shape index (κ2) is 2.03. The quantitative estimate of drug-likeness (QED) is 0.597. The summed E-state index contributed by atoms with van der Waals surface area (Å²) in [6.07, 6.45) is 6.23. The van der Waals surface area contributed by atoms with E-state index >= 15 is 0 Å². The number of fused-ring (bicyclic) bond motifs is 1. The highest BCUT2D eigenvalue weighted by molar-refractivity contribution is 6.02. The van der Waals surface area contributed by atoms with Gasteiger partial charge in [-0.3, -0.25) is 9.48 Å². The number of hydrogen-bond acceptors (Lipinski definition) is 2. The lowest BCUT2D eigenvalue weighted by molar-refractivity contribution is 0.0874. The number of ketones is 1. The smallest absolute Gasteiger partial charge is 0.189 e. The second-order valence-electron chi connectivity index (χ2n) is 4.29. The fourth-order valence-corrected chi connectivity index (χ4v) is 2.28. The molecular formula is C10H12N2O. The second-order valence-corrected chi connectivity index (χ2v) is 4.29. The Morgan fingerprint density at radius 3 is 2.92 bits per heavy atom. The number of Topliss-reactive ketones (excluding diaryl/α,β-unsaturated/α-hetero) is 1. The summed E-state index contributed by atoms with van der Waals surface area (Å²) in [6.45, 7) is 0. The number of nitrogens with zero attached hydrogens (tertiary/aromatic N) is 2. The van der Waals surface area contributed by atoms with Gasteiger partial charge in [0.05, 0.1) is 0 Å². The number of rotatable bonds is 0. The summed E-state index contributed by atoms with van der Waals surface area (Å²) in [5, 5.41) is 4.23. The molecule has 1 aromatic rings. The van der Waals surface area contributed by atoms with Gasteiger partial charge in [-0.2, -0.15) is 5.10 Å². The molecule has 3 rings (SSSR count). The van der Waals surface area contributed by atoms with Gasteiger partial charge in [-0.05, 0) is 25.7 Å². The lowest BCUT2D eigenvalue weighted by atomic mass is 9.84. The van der Waals surface area contributed by atoms with Crippen molar-refractivity contribution in [2.75, 3.05) is 0 Å². The van der Waals surface area contributed by atoms with Gasteiger partial charge in [-0.15, -0.1) is 0 Å². The van der Waals surface area contributed by atoms with Crippen LogP contribution in [0.1, 0.15) is 35.3 Å². The Kier molecular flexibility index (Phi) is 1.14. The molecule has 1 heterocycles. The summed E-state index contributed by atoms with van der Waals surface area (Å²) in [4.78, 5) is 11.9. The van der Waals surface area contributed by atoms with Crippen LogP contribution in [0.25, 0.3) is 0 Å². The molecule has 68 valence electrons. The van der Waals surface area contributed by atoms with Crippen LogP contribution in [-0.4, -0.2) is 15.6 Å².